The summed E-state index contributed by atoms with van der Waals surface area (Å²) in [7, 11) is 2.07. The molecule has 94 valence electrons. The fourth-order valence-electron chi connectivity index (χ4n) is 2.47. The van der Waals surface area contributed by atoms with Gasteiger partial charge in [0.1, 0.15) is 0 Å². The molecule has 0 saturated heterocycles. The van der Waals surface area contributed by atoms with Crippen LogP contribution in [0.2, 0.25) is 0 Å². The number of nitrogens with one attached hydrogen (secondary N) is 1. The molecule has 0 bridgehead atoms. The van der Waals surface area contributed by atoms with Crippen LogP contribution in [0.25, 0.3) is 0 Å². The van der Waals surface area contributed by atoms with Gasteiger partial charge in [-0.2, -0.15) is 0 Å². The second kappa shape index (κ2) is 6.15. The smallest absolute Gasteiger partial charge is 0.0419 e. The van der Waals surface area contributed by atoms with Gasteiger partial charge in [-0.15, -0.1) is 0 Å². The fourth-order valence-corrected chi connectivity index (χ4v) is 2.47. The van der Waals surface area contributed by atoms with Gasteiger partial charge in [-0.1, -0.05) is 32.3 Å². The van der Waals surface area contributed by atoms with Crippen LogP contribution >= 0.6 is 0 Å². The topological polar surface area (TPSA) is 24.9 Å². The molecule has 1 atom stereocenters. The van der Waals surface area contributed by atoms with Gasteiger partial charge in [0.15, 0.2) is 0 Å². The summed E-state index contributed by atoms with van der Waals surface area (Å²) in [5.74, 6) is 0.961. The lowest BCUT2D eigenvalue weighted by Gasteiger charge is -2.29. The summed E-state index contributed by atoms with van der Waals surface area (Å²) in [5.41, 5.74) is 2.55. The first-order valence-electron chi connectivity index (χ1n) is 6.93. The Morgan fingerprint density at radius 3 is 2.71 bits per heavy atom. The lowest BCUT2D eigenvalue weighted by Crippen LogP contribution is -2.32. The first-order chi connectivity index (χ1) is 8.31. The average molecular weight is 232 g/mol. The number of hydrogen-bond acceptors (Lipinski definition) is 2. The van der Waals surface area contributed by atoms with E-state index in [2.05, 4.69) is 36.4 Å². The zero-order valence-corrected chi connectivity index (χ0v) is 11.1. The number of rotatable bonds is 6. The second-order valence-corrected chi connectivity index (χ2v) is 5.23. The van der Waals surface area contributed by atoms with Crippen molar-refractivity contribution in [3.63, 3.8) is 0 Å². The largest absolute Gasteiger partial charge is 0.317 e. The van der Waals surface area contributed by atoms with Crippen LogP contribution in [0, 0.1) is 5.92 Å². The molecule has 1 saturated carbocycles. The average Bonchev–Trinajstić information content (AvgIpc) is 2.33. The van der Waals surface area contributed by atoms with Crippen LogP contribution in [0.15, 0.2) is 18.3 Å². The van der Waals surface area contributed by atoms with E-state index in [1.807, 2.05) is 6.20 Å². The van der Waals surface area contributed by atoms with Crippen molar-refractivity contribution >= 4 is 0 Å². The van der Waals surface area contributed by atoms with E-state index in [1.165, 1.54) is 36.9 Å². The van der Waals surface area contributed by atoms with Crippen LogP contribution in [0.5, 0.6) is 0 Å². The third-order valence-electron chi connectivity index (χ3n) is 4.00. The van der Waals surface area contributed by atoms with Crippen molar-refractivity contribution in [1.29, 1.82) is 0 Å². The number of nitrogens with zero attached hydrogens (tertiary/aromatic N) is 1. The predicted octanol–water partition coefficient (Wildman–Crippen LogP) is 2.96. The molecule has 1 N–H and O–H groups in total. The molecule has 2 heteroatoms. The Labute approximate surface area is 105 Å². The molecule has 0 aliphatic heterocycles. The van der Waals surface area contributed by atoms with Crippen molar-refractivity contribution in [3.05, 3.63) is 29.6 Å². The van der Waals surface area contributed by atoms with E-state index in [9.17, 15) is 0 Å². The van der Waals surface area contributed by atoms with Crippen molar-refractivity contribution in [3.8, 4) is 0 Å². The molecule has 0 spiro atoms. The lowest BCUT2D eigenvalue weighted by molar-refractivity contribution is 0.263. The van der Waals surface area contributed by atoms with E-state index in [0.29, 0.717) is 6.04 Å². The Hall–Kier alpha value is -0.890. The van der Waals surface area contributed by atoms with Crippen LogP contribution in [-0.4, -0.2) is 18.1 Å². The summed E-state index contributed by atoms with van der Waals surface area (Å²) in [6, 6.07) is 4.99. The van der Waals surface area contributed by atoms with E-state index >= 15 is 0 Å². The summed E-state index contributed by atoms with van der Waals surface area (Å²) < 4.78 is 0. The van der Waals surface area contributed by atoms with Crippen molar-refractivity contribution in [2.24, 2.45) is 5.92 Å². The highest BCUT2D eigenvalue weighted by Gasteiger charge is 2.21. The molecular weight excluding hydrogens is 208 g/mol. The number of likely N-dealkylation sites (N-methyl/N-ethyl adjacent to an activating group) is 1. The van der Waals surface area contributed by atoms with E-state index in [-0.39, 0.29) is 0 Å². The molecule has 1 aliphatic carbocycles. The van der Waals surface area contributed by atoms with Gasteiger partial charge >= 0.3 is 0 Å². The van der Waals surface area contributed by atoms with E-state index in [0.717, 1.165) is 18.8 Å². The van der Waals surface area contributed by atoms with Gasteiger partial charge in [-0.05, 0) is 37.4 Å². The van der Waals surface area contributed by atoms with Crippen LogP contribution in [0.1, 0.15) is 43.9 Å². The molecule has 2 nitrogen and oxygen atoms in total. The Kier molecular flexibility index (Phi) is 4.55. The summed E-state index contributed by atoms with van der Waals surface area (Å²) >= 11 is 0. The van der Waals surface area contributed by atoms with Gasteiger partial charge in [0.05, 0.1) is 0 Å². The Bertz CT molecular complexity index is 327. The Morgan fingerprint density at radius 2 is 2.24 bits per heavy atom. The quantitative estimate of drug-likeness (QED) is 0.815. The van der Waals surface area contributed by atoms with Gasteiger partial charge in [0.25, 0.3) is 0 Å². The number of aromatic nitrogens is 1. The standard InChI is InChI=1S/C15H24N2/c1-3-12-7-8-14(17-11-12)10-15(16-2)9-13-5-4-6-13/h7-8,11,13,15-16H,3-6,9-10H2,1-2H3. The monoisotopic (exact) mass is 232 g/mol. The zero-order chi connectivity index (χ0) is 12.1. The van der Waals surface area contributed by atoms with Crippen LogP contribution in [0.4, 0.5) is 0 Å². The van der Waals surface area contributed by atoms with Gasteiger partial charge in [-0.25, -0.2) is 0 Å². The van der Waals surface area contributed by atoms with E-state index < -0.39 is 0 Å². The molecule has 1 aromatic heterocycles. The van der Waals surface area contributed by atoms with Crippen molar-refractivity contribution < 1.29 is 0 Å². The normalized spacial score (nSPS) is 17.8. The van der Waals surface area contributed by atoms with E-state index in [4.69, 9.17) is 0 Å². The Morgan fingerprint density at radius 1 is 1.41 bits per heavy atom. The summed E-state index contributed by atoms with van der Waals surface area (Å²) in [4.78, 5) is 4.55. The maximum atomic E-state index is 4.55. The Balaban J connectivity index is 1.87. The van der Waals surface area contributed by atoms with Gasteiger partial charge in [0, 0.05) is 24.4 Å². The van der Waals surface area contributed by atoms with Gasteiger partial charge in [0.2, 0.25) is 0 Å². The SMILES string of the molecule is CCc1ccc(CC(CC2CCC2)NC)nc1. The molecular formula is C15H24N2. The maximum absolute atomic E-state index is 4.55. The number of pyridine rings is 1. The minimum Gasteiger partial charge on any atom is -0.317 e. The highest BCUT2D eigenvalue weighted by Crippen LogP contribution is 2.30. The fraction of sp³-hybridized carbons (Fsp3) is 0.667. The third-order valence-corrected chi connectivity index (χ3v) is 4.00. The second-order valence-electron chi connectivity index (χ2n) is 5.23. The van der Waals surface area contributed by atoms with E-state index in [1.54, 1.807) is 0 Å². The molecule has 1 aromatic rings. The molecule has 0 aromatic carbocycles. The molecule has 1 unspecified atom stereocenters. The lowest BCUT2D eigenvalue weighted by atomic mass is 9.80. The summed E-state index contributed by atoms with van der Waals surface area (Å²) in [6.07, 6.45) is 9.77. The number of aryl methyl sites for hydroxylation is 1. The van der Waals surface area contributed by atoms with Crippen LogP contribution < -0.4 is 5.32 Å². The van der Waals surface area contributed by atoms with Crippen molar-refractivity contribution in [2.45, 2.75) is 51.5 Å². The van der Waals surface area contributed by atoms with Crippen molar-refractivity contribution in [2.75, 3.05) is 7.05 Å². The minimum atomic E-state index is 0.597. The zero-order valence-electron chi connectivity index (χ0n) is 11.1. The number of hydrogen-bond donors (Lipinski definition) is 1. The molecule has 2 rings (SSSR count). The summed E-state index contributed by atoms with van der Waals surface area (Å²) in [6.45, 7) is 2.17. The molecule has 1 heterocycles. The first-order valence-corrected chi connectivity index (χ1v) is 6.93. The predicted molar refractivity (Wildman–Crippen MR) is 72.1 cm³/mol. The highest BCUT2D eigenvalue weighted by molar-refractivity contribution is 5.14. The van der Waals surface area contributed by atoms with Gasteiger partial charge in [-0.3, -0.25) is 4.98 Å². The van der Waals surface area contributed by atoms with Crippen LogP contribution in [0.3, 0.4) is 0 Å². The maximum Gasteiger partial charge on any atom is 0.0419 e. The molecule has 0 amide bonds. The van der Waals surface area contributed by atoms with Crippen LogP contribution in [-0.2, 0) is 12.8 Å². The van der Waals surface area contributed by atoms with Gasteiger partial charge < -0.3 is 5.32 Å². The summed E-state index contributed by atoms with van der Waals surface area (Å²) in [5, 5.41) is 3.44. The molecule has 0 radical (unpaired) electrons. The highest BCUT2D eigenvalue weighted by atomic mass is 14.9. The minimum absolute atomic E-state index is 0.597. The molecule has 1 aliphatic rings. The molecule has 17 heavy (non-hydrogen) atoms. The first kappa shape index (κ1) is 12.6. The molecule has 1 fully saturated rings. The third kappa shape index (κ3) is 3.53. The van der Waals surface area contributed by atoms with Crippen molar-refractivity contribution in [1.82, 2.24) is 10.3 Å².